The average molecular weight is 522 g/mol. The number of nitrogens with one attached hydrogen (secondary N) is 2. The molecule has 4 aromatic carbocycles. The lowest BCUT2D eigenvalue weighted by Gasteiger charge is -2.29. The van der Waals surface area contributed by atoms with Gasteiger partial charge in [0, 0.05) is 41.3 Å². The van der Waals surface area contributed by atoms with E-state index in [1.54, 1.807) is 30.3 Å². The highest BCUT2D eigenvalue weighted by molar-refractivity contribution is 6.07. The summed E-state index contributed by atoms with van der Waals surface area (Å²) in [5, 5.41) is 5.93. The molecule has 0 radical (unpaired) electrons. The molecule has 39 heavy (non-hydrogen) atoms. The number of nitrogens with zero attached hydrogens (tertiary/aromatic N) is 1. The number of ether oxygens (including phenoxy) is 2. The third kappa shape index (κ3) is 6.83. The molecule has 0 aliphatic carbocycles. The van der Waals surface area contributed by atoms with Crippen molar-refractivity contribution in [3.05, 3.63) is 119 Å². The number of carbonyl (C=O) groups is 2. The van der Waals surface area contributed by atoms with E-state index in [1.165, 1.54) is 0 Å². The van der Waals surface area contributed by atoms with Crippen molar-refractivity contribution in [3.8, 4) is 5.75 Å². The van der Waals surface area contributed by atoms with Gasteiger partial charge >= 0.3 is 0 Å². The molecule has 1 heterocycles. The summed E-state index contributed by atoms with van der Waals surface area (Å²) in [4.78, 5) is 28.3. The maximum Gasteiger partial charge on any atom is 0.255 e. The first-order valence-corrected chi connectivity index (χ1v) is 13.0. The molecule has 0 saturated carbocycles. The van der Waals surface area contributed by atoms with Crippen LogP contribution in [0.5, 0.6) is 5.75 Å². The predicted octanol–water partition coefficient (Wildman–Crippen LogP) is 5.92. The third-order valence-electron chi connectivity index (χ3n) is 6.57. The summed E-state index contributed by atoms with van der Waals surface area (Å²) >= 11 is 0. The zero-order valence-corrected chi connectivity index (χ0v) is 21.9. The van der Waals surface area contributed by atoms with E-state index in [2.05, 4.69) is 15.5 Å². The van der Waals surface area contributed by atoms with Crippen LogP contribution in [0.2, 0.25) is 0 Å². The Morgan fingerprint density at radius 3 is 2.31 bits per heavy atom. The van der Waals surface area contributed by atoms with E-state index >= 15 is 0 Å². The molecule has 198 valence electrons. The van der Waals surface area contributed by atoms with Gasteiger partial charge in [0.25, 0.3) is 11.8 Å². The summed E-state index contributed by atoms with van der Waals surface area (Å²) in [5.41, 5.74) is 5.19. The van der Waals surface area contributed by atoms with Crippen LogP contribution in [0, 0.1) is 6.92 Å². The van der Waals surface area contributed by atoms with Gasteiger partial charge < -0.3 is 25.0 Å². The Morgan fingerprint density at radius 1 is 0.795 bits per heavy atom. The molecule has 5 rings (SSSR count). The topological polar surface area (TPSA) is 79.9 Å². The minimum Gasteiger partial charge on any atom is -0.489 e. The Kier molecular flexibility index (Phi) is 8.19. The fourth-order valence-corrected chi connectivity index (χ4v) is 4.37. The van der Waals surface area contributed by atoms with Gasteiger partial charge in [-0.25, -0.2) is 0 Å². The fraction of sp³-hybridized carbons (Fsp3) is 0.188. The van der Waals surface area contributed by atoms with Crippen molar-refractivity contribution in [3.63, 3.8) is 0 Å². The van der Waals surface area contributed by atoms with Crippen molar-refractivity contribution in [2.24, 2.45) is 0 Å². The molecule has 0 aromatic heterocycles. The second-order valence-electron chi connectivity index (χ2n) is 9.39. The van der Waals surface area contributed by atoms with Crippen LogP contribution in [-0.2, 0) is 11.3 Å². The fourth-order valence-electron chi connectivity index (χ4n) is 4.37. The summed E-state index contributed by atoms with van der Waals surface area (Å²) < 4.78 is 11.3. The number of hydrogen-bond acceptors (Lipinski definition) is 5. The van der Waals surface area contributed by atoms with Crippen LogP contribution in [-0.4, -0.2) is 38.1 Å². The van der Waals surface area contributed by atoms with Gasteiger partial charge in [0.15, 0.2) is 0 Å². The van der Waals surface area contributed by atoms with Crippen molar-refractivity contribution in [1.29, 1.82) is 0 Å². The average Bonchev–Trinajstić information content (AvgIpc) is 2.99. The monoisotopic (exact) mass is 521 g/mol. The van der Waals surface area contributed by atoms with E-state index in [-0.39, 0.29) is 11.8 Å². The Labute approximate surface area is 228 Å². The number of benzene rings is 4. The molecule has 0 spiro atoms. The van der Waals surface area contributed by atoms with Crippen LogP contribution in [0.1, 0.15) is 31.8 Å². The molecule has 1 aliphatic heterocycles. The number of rotatable bonds is 8. The first-order valence-electron chi connectivity index (χ1n) is 13.0. The molecule has 4 aromatic rings. The summed E-state index contributed by atoms with van der Waals surface area (Å²) in [6.07, 6.45) is 0. The number of morpholine rings is 1. The van der Waals surface area contributed by atoms with Crippen LogP contribution >= 0.6 is 0 Å². The number of aryl methyl sites for hydroxylation is 1. The minimum atomic E-state index is -0.259. The normalized spacial score (nSPS) is 13.0. The van der Waals surface area contributed by atoms with Gasteiger partial charge in [0.1, 0.15) is 12.4 Å². The number of hydrogen-bond donors (Lipinski definition) is 2. The number of anilines is 3. The summed E-state index contributed by atoms with van der Waals surface area (Å²) in [5.74, 6) is 0.142. The van der Waals surface area contributed by atoms with Gasteiger partial charge in [0.05, 0.1) is 13.2 Å². The number of carbonyl (C=O) groups excluding carboxylic acids is 2. The highest BCUT2D eigenvalue weighted by Gasteiger charge is 2.15. The van der Waals surface area contributed by atoms with Crippen LogP contribution in [0.15, 0.2) is 97.1 Å². The highest BCUT2D eigenvalue weighted by Crippen LogP contribution is 2.24. The SMILES string of the molecule is Cc1ccc(NC(=O)c2cccc(N3CCOCC3)c2)cc1NC(=O)c1cccc(OCc2ccccc2)c1. The Morgan fingerprint density at radius 2 is 1.51 bits per heavy atom. The summed E-state index contributed by atoms with van der Waals surface area (Å²) in [7, 11) is 0. The van der Waals surface area contributed by atoms with Crippen LogP contribution < -0.4 is 20.3 Å². The van der Waals surface area contributed by atoms with Crippen molar-refractivity contribution in [1.82, 2.24) is 0 Å². The van der Waals surface area contributed by atoms with Crippen molar-refractivity contribution < 1.29 is 19.1 Å². The highest BCUT2D eigenvalue weighted by atomic mass is 16.5. The molecule has 1 aliphatic rings. The molecule has 2 amide bonds. The van der Waals surface area contributed by atoms with Gasteiger partial charge in [-0.15, -0.1) is 0 Å². The second-order valence-corrected chi connectivity index (χ2v) is 9.39. The lowest BCUT2D eigenvalue weighted by atomic mass is 10.1. The Hall–Kier alpha value is -4.62. The maximum atomic E-state index is 13.1. The van der Waals surface area contributed by atoms with Crippen molar-refractivity contribution in [2.75, 3.05) is 41.8 Å². The Bertz CT molecular complexity index is 1450. The van der Waals surface area contributed by atoms with Gasteiger partial charge in [-0.3, -0.25) is 9.59 Å². The predicted molar refractivity (Wildman–Crippen MR) is 154 cm³/mol. The van der Waals surface area contributed by atoms with Gasteiger partial charge in [-0.2, -0.15) is 0 Å². The summed E-state index contributed by atoms with van der Waals surface area (Å²) in [6, 6.07) is 30.0. The molecule has 2 N–H and O–H groups in total. The molecular formula is C32H31N3O4. The molecule has 1 fully saturated rings. The summed E-state index contributed by atoms with van der Waals surface area (Å²) in [6.45, 7) is 5.29. The van der Waals surface area contributed by atoms with E-state index in [9.17, 15) is 9.59 Å². The number of amides is 2. The van der Waals surface area contributed by atoms with E-state index < -0.39 is 0 Å². The first-order chi connectivity index (χ1) is 19.0. The van der Waals surface area contributed by atoms with Crippen molar-refractivity contribution in [2.45, 2.75) is 13.5 Å². The third-order valence-corrected chi connectivity index (χ3v) is 6.57. The van der Waals surface area contributed by atoms with E-state index in [0.717, 1.165) is 29.9 Å². The van der Waals surface area contributed by atoms with E-state index in [1.807, 2.05) is 73.7 Å². The largest absolute Gasteiger partial charge is 0.489 e. The van der Waals surface area contributed by atoms with Crippen molar-refractivity contribution >= 4 is 28.9 Å². The van der Waals surface area contributed by atoms with Gasteiger partial charge in [-0.1, -0.05) is 48.5 Å². The molecule has 0 unspecified atom stereocenters. The van der Waals surface area contributed by atoms with E-state index in [0.29, 0.717) is 48.1 Å². The lowest BCUT2D eigenvalue weighted by Crippen LogP contribution is -2.36. The molecular weight excluding hydrogens is 490 g/mol. The van der Waals surface area contributed by atoms with Crippen LogP contribution in [0.25, 0.3) is 0 Å². The molecule has 0 bridgehead atoms. The molecule has 7 heteroatoms. The van der Waals surface area contributed by atoms with Crippen LogP contribution in [0.3, 0.4) is 0 Å². The standard InChI is InChI=1S/C32H31N3O4/c1-23-13-14-27(33-31(36)25-9-5-11-28(19-25)35-15-17-38-18-16-35)21-30(23)34-32(37)26-10-6-12-29(20-26)39-22-24-7-3-2-4-8-24/h2-14,19-21H,15-18,22H2,1H3,(H,33,36)(H,34,37). The maximum absolute atomic E-state index is 13.1. The van der Waals surface area contributed by atoms with Gasteiger partial charge in [0.2, 0.25) is 0 Å². The van der Waals surface area contributed by atoms with E-state index in [4.69, 9.17) is 9.47 Å². The minimum absolute atomic E-state index is 0.213. The molecule has 7 nitrogen and oxygen atoms in total. The zero-order valence-electron chi connectivity index (χ0n) is 21.9. The quantitative estimate of drug-likeness (QED) is 0.301. The Balaban J connectivity index is 1.24. The second kappa shape index (κ2) is 12.3. The molecule has 1 saturated heterocycles. The molecule has 0 atom stereocenters. The van der Waals surface area contributed by atoms with Crippen LogP contribution in [0.4, 0.5) is 17.1 Å². The first kappa shape index (κ1) is 26.0. The smallest absolute Gasteiger partial charge is 0.255 e. The zero-order chi connectivity index (χ0) is 27.0. The van der Waals surface area contributed by atoms with Gasteiger partial charge in [-0.05, 0) is 66.6 Å². The lowest BCUT2D eigenvalue weighted by molar-refractivity contribution is 0.101.